The van der Waals surface area contributed by atoms with Crippen molar-refractivity contribution in [1.82, 2.24) is 5.32 Å². The molecule has 0 aliphatic carbocycles. The summed E-state index contributed by atoms with van der Waals surface area (Å²) in [6.07, 6.45) is 1.64. The summed E-state index contributed by atoms with van der Waals surface area (Å²) < 4.78 is 5.08. The number of thioether (sulfide) groups is 1. The van der Waals surface area contributed by atoms with E-state index in [0.29, 0.717) is 5.17 Å². The molecular formula is C14H17N3O2S. The predicted molar refractivity (Wildman–Crippen MR) is 82.4 cm³/mol. The number of methoxy groups -OCH3 is 1. The molecule has 1 amide bonds. The first-order chi connectivity index (χ1) is 9.60. The Morgan fingerprint density at radius 2 is 2.05 bits per heavy atom. The number of benzene rings is 1. The molecular weight excluding hydrogens is 274 g/mol. The monoisotopic (exact) mass is 291 g/mol. The van der Waals surface area contributed by atoms with Gasteiger partial charge in [0.1, 0.15) is 5.75 Å². The maximum atomic E-state index is 11.7. The predicted octanol–water partition coefficient (Wildman–Crippen LogP) is 2.27. The number of carbonyl (C=O) groups excluding carboxylic acids is 1. The summed E-state index contributed by atoms with van der Waals surface area (Å²) in [5.41, 5.74) is 0.921. The molecule has 0 bridgehead atoms. The molecule has 1 aliphatic heterocycles. The van der Waals surface area contributed by atoms with E-state index in [-0.39, 0.29) is 17.1 Å². The summed E-state index contributed by atoms with van der Waals surface area (Å²) in [6, 6.07) is 7.49. The van der Waals surface area contributed by atoms with Gasteiger partial charge in [-0.1, -0.05) is 25.6 Å². The average molecular weight is 291 g/mol. The lowest BCUT2D eigenvalue weighted by molar-refractivity contribution is -0.119. The van der Waals surface area contributed by atoms with Crippen LogP contribution in [0.1, 0.15) is 19.4 Å². The fourth-order valence-electron chi connectivity index (χ4n) is 1.71. The van der Waals surface area contributed by atoms with Crippen LogP contribution in [0, 0.1) is 5.92 Å². The van der Waals surface area contributed by atoms with Crippen molar-refractivity contribution in [3.05, 3.63) is 29.8 Å². The third kappa shape index (κ3) is 3.60. The highest BCUT2D eigenvalue weighted by molar-refractivity contribution is 8.15. The first kappa shape index (κ1) is 14.6. The van der Waals surface area contributed by atoms with Crippen molar-refractivity contribution in [2.45, 2.75) is 19.1 Å². The van der Waals surface area contributed by atoms with Crippen molar-refractivity contribution in [1.29, 1.82) is 0 Å². The number of amidine groups is 1. The Kier molecular flexibility index (Phi) is 4.79. The van der Waals surface area contributed by atoms with Gasteiger partial charge in [-0.25, -0.2) is 0 Å². The molecule has 1 heterocycles. The maximum absolute atomic E-state index is 11.7. The molecule has 1 aliphatic rings. The molecule has 0 unspecified atom stereocenters. The quantitative estimate of drug-likeness (QED) is 0.683. The van der Waals surface area contributed by atoms with Crippen LogP contribution in [-0.2, 0) is 4.79 Å². The Morgan fingerprint density at radius 3 is 2.60 bits per heavy atom. The summed E-state index contributed by atoms with van der Waals surface area (Å²) in [5.74, 6) is 1.08. The van der Waals surface area contributed by atoms with Crippen LogP contribution in [-0.4, -0.2) is 29.6 Å². The molecule has 1 atom stereocenters. The summed E-state index contributed by atoms with van der Waals surface area (Å²) >= 11 is 1.42. The van der Waals surface area contributed by atoms with E-state index in [1.165, 1.54) is 11.8 Å². The highest BCUT2D eigenvalue weighted by Gasteiger charge is 2.32. The SMILES string of the molecule is COc1ccc(/C=N\N=C2\NC(=O)[C@@H](C(C)C)S2)cc1. The molecule has 0 radical (unpaired) electrons. The zero-order valence-electron chi connectivity index (χ0n) is 11.7. The number of nitrogens with one attached hydrogen (secondary N) is 1. The maximum Gasteiger partial charge on any atom is 0.239 e. The lowest BCUT2D eigenvalue weighted by Gasteiger charge is -2.07. The van der Waals surface area contributed by atoms with Gasteiger partial charge in [-0.05, 0) is 35.7 Å². The smallest absolute Gasteiger partial charge is 0.239 e. The first-order valence-electron chi connectivity index (χ1n) is 6.32. The number of carbonyl (C=O) groups is 1. The van der Waals surface area contributed by atoms with Crippen molar-refractivity contribution in [2.24, 2.45) is 16.1 Å². The van der Waals surface area contributed by atoms with Crippen molar-refractivity contribution in [2.75, 3.05) is 7.11 Å². The van der Waals surface area contributed by atoms with Crippen LogP contribution >= 0.6 is 11.8 Å². The second-order valence-corrected chi connectivity index (χ2v) is 5.82. The van der Waals surface area contributed by atoms with E-state index < -0.39 is 0 Å². The molecule has 5 nitrogen and oxygen atoms in total. The van der Waals surface area contributed by atoms with Crippen LogP contribution in [0.25, 0.3) is 0 Å². The minimum absolute atomic E-state index is 0.00315. The topological polar surface area (TPSA) is 63.1 Å². The molecule has 1 fully saturated rings. The Hall–Kier alpha value is -1.82. The van der Waals surface area contributed by atoms with E-state index in [0.717, 1.165) is 11.3 Å². The van der Waals surface area contributed by atoms with Gasteiger partial charge in [0.05, 0.1) is 18.6 Å². The second kappa shape index (κ2) is 6.56. The van der Waals surface area contributed by atoms with Crippen molar-refractivity contribution < 1.29 is 9.53 Å². The van der Waals surface area contributed by atoms with Gasteiger partial charge in [-0.15, -0.1) is 5.10 Å². The molecule has 6 heteroatoms. The first-order valence-corrected chi connectivity index (χ1v) is 7.20. The third-order valence-electron chi connectivity index (χ3n) is 2.80. The molecule has 2 rings (SSSR count). The van der Waals surface area contributed by atoms with Crippen LogP contribution in [0.5, 0.6) is 5.75 Å². The van der Waals surface area contributed by atoms with E-state index >= 15 is 0 Å². The second-order valence-electron chi connectivity index (χ2n) is 4.69. The molecule has 1 aromatic carbocycles. The lowest BCUT2D eigenvalue weighted by atomic mass is 10.1. The van der Waals surface area contributed by atoms with Crippen molar-refractivity contribution >= 4 is 29.1 Å². The summed E-state index contributed by atoms with van der Waals surface area (Å²) in [4.78, 5) is 11.7. The molecule has 1 saturated heterocycles. The minimum Gasteiger partial charge on any atom is -0.497 e. The van der Waals surface area contributed by atoms with Gasteiger partial charge >= 0.3 is 0 Å². The minimum atomic E-state index is -0.0788. The van der Waals surface area contributed by atoms with Crippen molar-refractivity contribution in [3.8, 4) is 5.75 Å². The molecule has 1 aromatic rings. The molecule has 106 valence electrons. The summed E-state index contributed by atoms with van der Waals surface area (Å²) in [6.45, 7) is 4.03. The van der Waals surface area contributed by atoms with Gasteiger partial charge in [-0.3, -0.25) is 4.79 Å². The van der Waals surface area contributed by atoms with Gasteiger partial charge in [0.25, 0.3) is 0 Å². The van der Waals surface area contributed by atoms with Crippen LogP contribution in [0.3, 0.4) is 0 Å². The molecule has 0 aromatic heterocycles. The summed E-state index contributed by atoms with van der Waals surface area (Å²) in [5, 5.41) is 11.2. The van der Waals surface area contributed by atoms with Crippen LogP contribution in [0.2, 0.25) is 0 Å². The number of rotatable bonds is 4. The molecule has 0 spiro atoms. The van der Waals surface area contributed by atoms with Crippen LogP contribution < -0.4 is 10.1 Å². The zero-order valence-corrected chi connectivity index (χ0v) is 12.5. The van der Waals surface area contributed by atoms with Crippen LogP contribution in [0.15, 0.2) is 34.5 Å². The van der Waals surface area contributed by atoms with Gasteiger partial charge in [0.15, 0.2) is 5.17 Å². The Bertz CT molecular complexity index is 538. The largest absolute Gasteiger partial charge is 0.497 e. The Labute approximate surface area is 122 Å². The van der Waals surface area contributed by atoms with Gasteiger partial charge in [-0.2, -0.15) is 5.10 Å². The normalized spacial score (nSPS) is 20.9. The van der Waals surface area contributed by atoms with E-state index in [4.69, 9.17) is 4.74 Å². The standard InChI is InChI=1S/C14H17N3O2S/c1-9(2)12-13(18)16-14(20-12)17-15-8-10-4-6-11(19-3)7-5-10/h4-9,12H,1-3H3,(H,16,17,18)/b15-8-/t12-/m1/s1. The molecule has 0 saturated carbocycles. The number of nitrogens with zero attached hydrogens (tertiary/aromatic N) is 2. The fourth-order valence-corrected chi connectivity index (χ4v) is 2.64. The number of hydrogen-bond acceptors (Lipinski definition) is 5. The van der Waals surface area contributed by atoms with E-state index in [1.807, 2.05) is 38.1 Å². The third-order valence-corrected chi connectivity index (χ3v) is 4.22. The van der Waals surface area contributed by atoms with E-state index in [9.17, 15) is 4.79 Å². The fraction of sp³-hybridized carbons (Fsp3) is 0.357. The average Bonchev–Trinajstić information content (AvgIpc) is 2.81. The highest BCUT2D eigenvalue weighted by Crippen LogP contribution is 2.25. The van der Waals surface area contributed by atoms with Gasteiger partial charge in [0, 0.05) is 0 Å². The number of hydrogen-bond donors (Lipinski definition) is 1. The number of ether oxygens (including phenoxy) is 1. The van der Waals surface area contributed by atoms with E-state index in [1.54, 1.807) is 13.3 Å². The molecule has 20 heavy (non-hydrogen) atoms. The molecule has 1 N–H and O–H groups in total. The Morgan fingerprint density at radius 1 is 1.35 bits per heavy atom. The highest BCUT2D eigenvalue weighted by atomic mass is 32.2. The zero-order chi connectivity index (χ0) is 14.5. The van der Waals surface area contributed by atoms with E-state index in [2.05, 4.69) is 15.5 Å². The van der Waals surface area contributed by atoms with Gasteiger partial charge < -0.3 is 10.1 Å². The van der Waals surface area contributed by atoms with Crippen molar-refractivity contribution in [3.63, 3.8) is 0 Å². The number of amides is 1. The summed E-state index contributed by atoms with van der Waals surface area (Å²) in [7, 11) is 1.63. The van der Waals surface area contributed by atoms with Crippen LogP contribution in [0.4, 0.5) is 0 Å². The lowest BCUT2D eigenvalue weighted by Crippen LogP contribution is -2.27. The Balaban J connectivity index is 1.98. The van der Waals surface area contributed by atoms with Gasteiger partial charge in [0.2, 0.25) is 5.91 Å².